The summed E-state index contributed by atoms with van der Waals surface area (Å²) in [6.45, 7) is 3.79. The number of unbranched alkanes of at least 4 members (excludes halogenated alkanes) is 10. The third kappa shape index (κ3) is 35.7. The molecule has 0 heterocycles. The molecule has 5 atom stereocenters. The average Bonchev–Trinajstić information content (AvgIpc) is 3.12. The molecule has 0 aliphatic carbocycles. The average molecular weight is 801 g/mol. The number of phosphoric ester groups is 1. The van der Waals surface area contributed by atoms with Crippen LogP contribution in [0.2, 0.25) is 0 Å². The number of hydrogen-bond donors (Lipinski definition) is 4. The van der Waals surface area contributed by atoms with Crippen LogP contribution < -0.4 is 0 Å². The molecule has 1 unspecified atom stereocenters. The van der Waals surface area contributed by atoms with Crippen molar-refractivity contribution in [3.63, 3.8) is 0 Å². The quantitative estimate of drug-likeness (QED) is 0.0123. The van der Waals surface area contributed by atoms with Crippen LogP contribution >= 0.6 is 7.82 Å². The van der Waals surface area contributed by atoms with E-state index in [-0.39, 0.29) is 38.9 Å². The highest BCUT2D eigenvalue weighted by Crippen LogP contribution is 2.43. The van der Waals surface area contributed by atoms with Gasteiger partial charge in [0, 0.05) is 12.8 Å². The second-order valence-electron chi connectivity index (χ2n) is 14.9. The number of carbonyl (C=O) groups excluding carboxylic acids is 2. The number of phosphoric acid groups is 1. The zero-order chi connectivity index (χ0) is 41.2. The van der Waals surface area contributed by atoms with Gasteiger partial charge in [0.1, 0.15) is 19.8 Å². The Morgan fingerprint density at radius 1 is 0.691 bits per heavy atom. The maximum Gasteiger partial charge on any atom is 0.472 e. The zero-order valence-electron chi connectivity index (χ0n) is 34.5. The molecule has 0 aromatic heterocycles. The van der Waals surface area contributed by atoms with E-state index in [1.54, 1.807) is 42.5 Å². The summed E-state index contributed by atoms with van der Waals surface area (Å²) in [5, 5.41) is 30.5. The maximum absolute atomic E-state index is 12.7. The van der Waals surface area contributed by atoms with Crippen molar-refractivity contribution in [2.24, 2.45) is 0 Å². The molecule has 0 spiro atoms. The minimum absolute atomic E-state index is 0.0343. The second-order valence-corrected chi connectivity index (χ2v) is 16.3. The molecule has 0 amide bonds. The summed E-state index contributed by atoms with van der Waals surface area (Å²) in [5.74, 6) is -1.14. The fourth-order valence-electron chi connectivity index (χ4n) is 5.06. The van der Waals surface area contributed by atoms with Crippen LogP contribution in [0.25, 0.3) is 0 Å². The number of esters is 2. The minimum atomic E-state index is -4.47. The van der Waals surface area contributed by atoms with E-state index in [1.807, 2.05) is 40.2 Å². The van der Waals surface area contributed by atoms with Gasteiger partial charge in [0.2, 0.25) is 0 Å². The number of likely N-dealkylation sites (N-methyl/N-ethyl adjacent to an activating group) is 1. The van der Waals surface area contributed by atoms with Crippen LogP contribution in [-0.2, 0) is 32.7 Å². The van der Waals surface area contributed by atoms with Gasteiger partial charge in [-0.25, -0.2) is 4.57 Å². The maximum atomic E-state index is 12.7. The third-order valence-electron chi connectivity index (χ3n) is 8.40. The fraction of sp³-hybridized carbons (Fsp3) is 0.714. The molecule has 0 radical (unpaired) electrons. The lowest BCUT2D eigenvalue weighted by Crippen LogP contribution is -2.37. The number of aliphatic hydroxyl groups is 3. The molecular weight excluding hydrogens is 725 g/mol. The molecule has 318 valence electrons. The Morgan fingerprint density at radius 2 is 1.25 bits per heavy atom. The molecule has 0 saturated carbocycles. The Morgan fingerprint density at radius 3 is 1.85 bits per heavy atom. The first-order valence-electron chi connectivity index (χ1n) is 20.3. The van der Waals surface area contributed by atoms with Crippen molar-refractivity contribution < 1.29 is 57.4 Å². The van der Waals surface area contributed by atoms with Crippen LogP contribution in [0.5, 0.6) is 0 Å². The van der Waals surface area contributed by atoms with Gasteiger partial charge in [-0.15, -0.1) is 0 Å². The zero-order valence-corrected chi connectivity index (χ0v) is 35.4. The molecule has 4 N–H and O–H groups in total. The van der Waals surface area contributed by atoms with Crippen LogP contribution in [0.1, 0.15) is 123 Å². The van der Waals surface area contributed by atoms with Gasteiger partial charge in [-0.05, 0) is 32.1 Å². The molecule has 0 aliphatic heterocycles. The van der Waals surface area contributed by atoms with Crippen molar-refractivity contribution in [3.05, 3.63) is 60.8 Å². The summed E-state index contributed by atoms with van der Waals surface area (Å²) in [6, 6.07) is 0. The van der Waals surface area contributed by atoms with E-state index in [1.165, 1.54) is 51.0 Å². The van der Waals surface area contributed by atoms with E-state index in [2.05, 4.69) is 6.92 Å². The number of allylic oxidation sites excluding steroid dienone is 7. The van der Waals surface area contributed by atoms with Crippen molar-refractivity contribution >= 4 is 19.8 Å². The monoisotopic (exact) mass is 801 g/mol. The van der Waals surface area contributed by atoms with Crippen LogP contribution in [0.4, 0.5) is 0 Å². The van der Waals surface area contributed by atoms with Crippen LogP contribution in [0.15, 0.2) is 60.8 Å². The van der Waals surface area contributed by atoms with Gasteiger partial charge >= 0.3 is 19.8 Å². The Bertz CT molecular complexity index is 1180. The fourth-order valence-corrected chi connectivity index (χ4v) is 5.80. The molecule has 12 nitrogen and oxygen atoms in total. The van der Waals surface area contributed by atoms with Crippen molar-refractivity contribution in [1.82, 2.24) is 0 Å². The standard InChI is InChI=1S/C42H74NO11P/c1-6-8-10-11-12-13-14-15-16-21-25-31-41(47)51-35-38(36-53-55(49,50)52-34-33-43(3,4)5)54-42(48)32-26-30-40(46)39(45)29-24-20-18-17-19-23-28-37(44)27-22-9-7-2/h9,17-20,22-24,28-29,37-40,44-46H,6-8,10-16,21,25-27,30-36H2,1-5H3/p+1/b19-17+,20-18-,22-9-,28-23+,29-24-/t37-,38+,39+,40+/m0/s1. The minimum Gasteiger partial charge on any atom is -0.462 e. The summed E-state index contributed by atoms with van der Waals surface area (Å²) >= 11 is 0. The lowest BCUT2D eigenvalue weighted by molar-refractivity contribution is -0.870. The summed E-state index contributed by atoms with van der Waals surface area (Å²) in [6.07, 6.45) is 27.9. The van der Waals surface area contributed by atoms with Crippen molar-refractivity contribution in [2.45, 2.75) is 147 Å². The number of quaternary nitrogens is 1. The van der Waals surface area contributed by atoms with Gasteiger partial charge in [-0.3, -0.25) is 18.6 Å². The van der Waals surface area contributed by atoms with Gasteiger partial charge in [-0.2, -0.15) is 0 Å². The highest BCUT2D eigenvalue weighted by Gasteiger charge is 2.27. The summed E-state index contributed by atoms with van der Waals surface area (Å²) in [5.41, 5.74) is 0. The van der Waals surface area contributed by atoms with E-state index in [0.29, 0.717) is 23.9 Å². The van der Waals surface area contributed by atoms with Crippen molar-refractivity contribution in [1.29, 1.82) is 0 Å². The van der Waals surface area contributed by atoms with E-state index >= 15 is 0 Å². The SMILES string of the molecule is CC/C=C\C[C@H](O)/C=C/C=C/C=C\C=C/[C@@H](O)[C@H](O)CCCC(=O)O[C@H](COC(=O)CCCCCCCCCCCCC)COP(=O)(O)OCC[N+](C)(C)C. The van der Waals surface area contributed by atoms with Gasteiger partial charge in [0.25, 0.3) is 0 Å². The van der Waals surface area contributed by atoms with Crippen molar-refractivity contribution in [3.8, 4) is 0 Å². The van der Waals surface area contributed by atoms with E-state index < -0.39 is 50.8 Å². The number of ether oxygens (including phenoxy) is 2. The number of carbonyl (C=O) groups is 2. The lowest BCUT2D eigenvalue weighted by Gasteiger charge is -2.24. The largest absolute Gasteiger partial charge is 0.472 e. The molecular formula is C42H75NO11P+. The third-order valence-corrected chi connectivity index (χ3v) is 9.39. The lowest BCUT2D eigenvalue weighted by atomic mass is 10.1. The van der Waals surface area contributed by atoms with Crippen LogP contribution in [-0.4, -0.2) is 109 Å². The molecule has 0 bridgehead atoms. The molecule has 0 rings (SSSR count). The van der Waals surface area contributed by atoms with Gasteiger partial charge < -0.3 is 34.2 Å². The van der Waals surface area contributed by atoms with E-state index in [4.69, 9.17) is 18.5 Å². The first-order chi connectivity index (χ1) is 26.2. The summed E-state index contributed by atoms with van der Waals surface area (Å²) in [4.78, 5) is 35.3. The Labute approximate surface area is 332 Å². The number of hydrogen-bond acceptors (Lipinski definition) is 10. The van der Waals surface area contributed by atoms with Crippen LogP contribution in [0.3, 0.4) is 0 Å². The van der Waals surface area contributed by atoms with E-state index in [9.17, 15) is 34.4 Å². The molecule has 0 aliphatic rings. The normalized spacial score (nSPS) is 16.0. The van der Waals surface area contributed by atoms with Gasteiger partial charge in [-0.1, -0.05) is 139 Å². The van der Waals surface area contributed by atoms with E-state index in [0.717, 1.165) is 25.7 Å². The highest BCUT2D eigenvalue weighted by molar-refractivity contribution is 7.47. The van der Waals surface area contributed by atoms with Gasteiger partial charge in [0.05, 0.1) is 46.1 Å². The molecule has 0 aromatic carbocycles. The highest BCUT2D eigenvalue weighted by atomic mass is 31.2. The predicted octanol–water partition coefficient (Wildman–Crippen LogP) is 7.82. The number of rotatable bonds is 35. The summed E-state index contributed by atoms with van der Waals surface area (Å²) in [7, 11) is 1.25. The molecule has 0 aromatic rings. The smallest absolute Gasteiger partial charge is 0.462 e. The Balaban J connectivity index is 4.78. The number of nitrogens with zero attached hydrogens (tertiary/aromatic N) is 1. The molecule has 0 fully saturated rings. The molecule has 13 heteroatoms. The first-order valence-corrected chi connectivity index (χ1v) is 21.8. The Kier molecular flexibility index (Phi) is 32.2. The topological polar surface area (TPSA) is 169 Å². The second kappa shape index (κ2) is 33.7. The predicted molar refractivity (Wildman–Crippen MR) is 219 cm³/mol. The first kappa shape index (κ1) is 52.6. The Hall–Kier alpha value is -2.41. The van der Waals surface area contributed by atoms with Crippen LogP contribution in [0, 0.1) is 0 Å². The van der Waals surface area contributed by atoms with Gasteiger partial charge in [0.15, 0.2) is 6.10 Å². The molecule has 55 heavy (non-hydrogen) atoms. The number of aliphatic hydroxyl groups excluding tert-OH is 3. The van der Waals surface area contributed by atoms with Crippen molar-refractivity contribution in [2.75, 3.05) is 47.5 Å². The molecule has 0 saturated heterocycles. The summed E-state index contributed by atoms with van der Waals surface area (Å²) < 4.78 is 33.9.